The molecule has 1 saturated heterocycles. The Kier molecular flexibility index (Phi) is 9.54. The minimum Gasteiger partial charge on any atom is -0.493 e. The number of methoxy groups -OCH3 is 1. The van der Waals surface area contributed by atoms with E-state index in [0.717, 1.165) is 5.56 Å². The Labute approximate surface area is 226 Å². The number of benzene rings is 3. The highest BCUT2D eigenvalue weighted by molar-refractivity contribution is 9.10. The molecule has 188 valence electrons. The van der Waals surface area contributed by atoms with Gasteiger partial charge in [0.05, 0.1) is 22.4 Å². The first-order valence-corrected chi connectivity index (χ1v) is 13.9. The lowest BCUT2D eigenvalue weighted by Crippen LogP contribution is -2.24. The largest absolute Gasteiger partial charge is 0.493 e. The van der Waals surface area contributed by atoms with Crippen LogP contribution >= 0.6 is 39.5 Å². The van der Waals surface area contributed by atoms with Crippen molar-refractivity contribution < 1.29 is 23.4 Å². The van der Waals surface area contributed by atoms with Crippen LogP contribution in [-0.2, 0) is 11.4 Å². The van der Waals surface area contributed by atoms with Crippen molar-refractivity contribution in [3.8, 4) is 17.2 Å². The molecular weight excluding hydrogens is 567 g/mol. The maximum atomic E-state index is 13.1. The lowest BCUT2D eigenvalue weighted by molar-refractivity contribution is -0.123. The molecule has 1 N–H and O–H groups in total. The number of amides is 1. The number of thioether (sulfide) groups is 2. The zero-order valence-electron chi connectivity index (χ0n) is 19.4. The molecule has 0 spiro atoms. The summed E-state index contributed by atoms with van der Waals surface area (Å²) in [6.45, 7) is 0.104. The Morgan fingerprint density at radius 2 is 1.83 bits per heavy atom. The third kappa shape index (κ3) is 7.41. The number of carbonyl (C=O) groups is 1. The minimum atomic E-state index is -0.373. The average molecular weight is 592 g/mol. The highest BCUT2D eigenvalue weighted by atomic mass is 79.9. The zero-order valence-corrected chi connectivity index (χ0v) is 22.6. The first-order valence-electron chi connectivity index (χ1n) is 11.0. The quantitative estimate of drug-likeness (QED) is 0.224. The molecule has 1 fully saturated rings. The second-order valence-corrected chi connectivity index (χ2v) is 11.3. The maximum Gasteiger partial charge on any atom is 0.277 e. The standard InChI is InChI=1S/C26H24BrFN2O4S2/c1-32-23-13-18(12-22(27)25(23)34-15-17-2-6-20(28)7-3-17)14-29-30-24(31)16-33-21-8-4-19(5-9-21)26-35-10-11-36-26/h2-9,12-14,26H,10-11,15-16H2,1H3,(H,30,31)/b29-14-. The molecule has 1 aliphatic heterocycles. The minimum absolute atomic E-state index is 0.146. The van der Waals surface area contributed by atoms with Gasteiger partial charge in [0.15, 0.2) is 18.1 Å². The van der Waals surface area contributed by atoms with Gasteiger partial charge in [0, 0.05) is 11.5 Å². The number of carbonyl (C=O) groups excluding carboxylic acids is 1. The summed E-state index contributed by atoms with van der Waals surface area (Å²) >= 11 is 7.38. The van der Waals surface area contributed by atoms with E-state index in [1.54, 1.807) is 24.3 Å². The predicted octanol–water partition coefficient (Wildman–Crippen LogP) is 6.18. The van der Waals surface area contributed by atoms with Gasteiger partial charge in [0.1, 0.15) is 18.2 Å². The summed E-state index contributed by atoms with van der Waals surface area (Å²) in [6.07, 6.45) is 1.50. The fourth-order valence-electron chi connectivity index (χ4n) is 3.32. The van der Waals surface area contributed by atoms with Gasteiger partial charge in [-0.1, -0.05) is 24.3 Å². The van der Waals surface area contributed by atoms with E-state index in [1.165, 1.54) is 42.5 Å². The lowest BCUT2D eigenvalue weighted by atomic mass is 10.2. The highest BCUT2D eigenvalue weighted by Gasteiger charge is 2.18. The smallest absolute Gasteiger partial charge is 0.277 e. The van der Waals surface area contributed by atoms with Crippen LogP contribution in [-0.4, -0.2) is 37.3 Å². The lowest BCUT2D eigenvalue weighted by Gasteiger charge is -2.13. The van der Waals surface area contributed by atoms with E-state index in [1.807, 2.05) is 47.8 Å². The molecule has 3 aromatic carbocycles. The van der Waals surface area contributed by atoms with Crippen LogP contribution in [0.15, 0.2) is 70.2 Å². The van der Waals surface area contributed by atoms with Crippen LogP contribution in [0.1, 0.15) is 21.3 Å². The summed E-state index contributed by atoms with van der Waals surface area (Å²) in [5.41, 5.74) is 5.23. The van der Waals surface area contributed by atoms with Crippen LogP contribution in [0, 0.1) is 5.82 Å². The van der Waals surface area contributed by atoms with E-state index >= 15 is 0 Å². The molecule has 10 heteroatoms. The van der Waals surface area contributed by atoms with E-state index in [9.17, 15) is 9.18 Å². The van der Waals surface area contributed by atoms with Gasteiger partial charge >= 0.3 is 0 Å². The van der Waals surface area contributed by atoms with Crippen LogP contribution in [0.2, 0.25) is 0 Å². The van der Waals surface area contributed by atoms with Gasteiger partial charge < -0.3 is 14.2 Å². The Bertz CT molecular complexity index is 1200. The Morgan fingerprint density at radius 3 is 2.53 bits per heavy atom. The van der Waals surface area contributed by atoms with Crippen LogP contribution in [0.25, 0.3) is 0 Å². The molecule has 0 unspecified atom stereocenters. The first kappa shape index (κ1) is 26.4. The molecule has 6 nitrogen and oxygen atoms in total. The first-order chi connectivity index (χ1) is 17.5. The molecule has 0 bridgehead atoms. The second-order valence-electron chi connectivity index (χ2n) is 7.67. The van der Waals surface area contributed by atoms with E-state index in [4.69, 9.17) is 14.2 Å². The molecule has 0 atom stereocenters. The summed E-state index contributed by atoms with van der Waals surface area (Å²) in [4.78, 5) is 12.1. The van der Waals surface area contributed by atoms with Crippen molar-refractivity contribution in [1.82, 2.24) is 5.43 Å². The number of hydrogen-bond acceptors (Lipinski definition) is 7. The number of halogens is 2. The zero-order chi connectivity index (χ0) is 25.3. The van der Waals surface area contributed by atoms with E-state index in [2.05, 4.69) is 26.5 Å². The molecule has 3 aromatic rings. The van der Waals surface area contributed by atoms with Crippen LogP contribution < -0.4 is 19.6 Å². The van der Waals surface area contributed by atoms with Gasteiger partial charge in [0.25, 0.3) is 5.91 Å². The van der Waals surface area contributed by atoms with Gasteiger partial charge in [0.2, 0.25) is 0 Å². The summed E-state index contributed by atoms with van der Waals surface area (Å²) in [5.74, 6) is 3.30. The van der Waals surface area contributed by atoms with E-state index in [-0.39, 0.29) is 24.9 Å². The van der Waals surface area contributed by atoms with Crippen molar-refractivity contribution in [2.45, 2.75) is 11.2 Å². The number of nitrogens with one attached hydrogen (secondary N) is 1. The number of rotatable bonds is 10. The fourth-order valence-corrected chi connectivity index (χ4v) is 6.76. The molecule has 0 radical (unpaired) electrons. The highest BCUT2D eigenvalue weighted by Crippen LogP contribution is 2.45. The maximum absolute atomic E-state index is 13.1. The van der Waals surface area contributed by atoms with Crippen molar-refractivity contribution in [2.24, 2.45) is 5.10 Å². The summed E-state index contributed by atoms with van der Waals surface area (Å²) in [6, 6.07) is 17.5. The van der Waals surface area contributed by atoms with E-state index < -0.39 is 0 Å². The average Bonchev–Trinajstić information content (AvgIpc) is 3.43. The molecular formula is C26H24BrFN2O4S2. The van der Waals surface area contributed by atoms with Gasteiger partial charge in [-0.2, -0.15) is 5.10 Å². The van der Waals surface area contributed by atoms with Gasteiger partial charge in [-0.3, -0.25) is 4.79 Å². The Hall–Kier alpha value is -2.69. The third-order valence-corrected chi connectivity index (χ3v) is 8.79. The van der Waals surface area contributed by atoms with Crippen molar-refractivity contribution in [3.05, 3.63) is 87.6 Å². The second kappa shape index (κ2) is 13.0. The van der Waals surface area contributed by atoms with Crippen LogP contribution in [0.5, 0.6) is 17.2 Å². The third-order valence-electron chi connectivity index (χ3n) is 5.10. The molecule has 36 heavy (non-hydrogen) atoms. The summed E-state index contributed by atoms with van der Waals surface area (Å²) < 4.78 is 31.1. The molecule has 1 heterocycles. The summed E-state index contributed by atoms with van der Waals surface area (Å²) in [5, 5.41) is 4.01. The number of ether oxygens (including phenoxy) is 3. The van der Waals surface area contributed by atoms with Crippen LogP contribution in [0.4, 0.5) is 4.39 Å². The van der Waals surface area contributed by atoms with Crippen LogP contribution in [0.3, 0.4) is 0 Å². The van der Waals surface area contributed by atoms with Crippen molar-refractivity contribution in [2.75, 3.05) is 25.2 Å². The Morgan fingerprint density at radius 1 is 1.11 bits per heavy atom. The molecule has 1 aliphatic rings. The van der Waals surface area contributed by atoms with E-state index in [0.29, 0.717) is 31.9 Å². The summed E-state index contributed by atoms with van der Waals surface area (Å²) in [7, 11) is 1.53. The SMILES string of the molecule is COc1cc(/C=N\NC(=O)COc2ccc(C3SCCS3)cc2)cc(Br)c1OCc1ccc(F)cc1. The monoisotopic (exact) mass is 590 g/mol. The van der Waals surface area contributed by atoms with Gasteiger partial charge in [-0.15, -0.1) is 23.5 Å². The van der Waals surface area contributed by atoms with Crippen molar-refractivity contribution >= 4 is 51.6 Å². The number of nitrogens with zero attached hydrogens (tertiary/aromatic N) is 1. The van der Waals surface area contributed by atoms with Gasteiger partial charge in [-0.05, 0) is 69.0 Å². The fraction of sp³-hybridized carbons (Fsp3) is 0.231. The molecule has 0 aromatic heterocycles. The normalized spacial score (nSPS) is 13.6. The molecule has 0 aliphatic carbocycles. The number of hydrogen-bond donors (Lipinski definition) is 1. The molecule has 4 rings (SSSR count). The predicted molar refractivity (Wildman–Crippen MR) is 147 cm³/mol. The topological polar surface area (TPSA) is 69.2 Å². The number of hydrazone groups is 1. The van der Waals surface area contributed by atoms with Crippen molar-refractivity contribution in [1.29, 1.82) is 0 Å². The molecule has 0 saturated carbocycles. The van der Waals surface area contributed by atoms with Crippen molar-refractivity contribution in [3.63, 3.8) is 0 Å². The Balaban J connectivity index is 1.28. The molecule has 1 amide bonds. The van der Waals surface area contributed by atoms with Gasteiger partial charge in [-0.25, -0.2) is 9.82 Å².